The molecule has 1 fully saturated rings. The Morgan fingerprint density at radius 1 is 1.18 bits per heavy atom. The van der Waals surface area contributed by atoms with Gasteiger partial charge in [0.2, 0.25) is 11.9 Å². The number of guanidine groups is 1. The number of nitrogens with two attached hydrogens (primary N) is 1. The molecule has 0 spiro atoms. The molecule has 3 heterocycles. The fourth-order valence-corrected chi connectivity index (χ4v) is 3.94. The molecule has 2 N–H and O–H groups in total. The van der Waals surface area contributed by atoms with Crippen molar-refractivity contribution in [1.82, 2.24) is 14.7 Å². The van der Waals surface area contributed by atoms with Gasteiger partial charge in [0.15, 0.2) is 12.2 Å². The number of benzene rings is 1. The Kier molecular flexibility index (Phi) is 4.07. The molecule has 0 bridgehead atoms. The van der Waals surface area contributed by atoms with Crippen LogP contribution in [-0.2, 0) is 9.59 Å². The predicted octanol–water partition coefficient (Wildman–Crippen LogP) is 1.16. The van der Waals surface area contributed by atoms with Crippen LogP contribution in [0.25, 0.3) is 0 Å². The minimum Gasteiger partial charge on any atom is -0.368 e. The number of rotatable bonds is 3. The van der Waals surface area contributed by atoms with E-state index in [1.165, 1.54) is 4.90 Å². The number of amides is 4. The lowest BCUT2D eigenvalue weighted by atomic mass is 10.1. The number of hydrogen-bond donors (Lipinski definition) is 1. The van der Waals surface area contributed by atoms with E-state index in [9.17, 15) is 14.4 Å². The zero-order valence-electron chi connectivity index (χ0n) is 15.6. The van der Waals surface area contributed by atoms with Crippen LogP contribution in [0.4, 0.5) is 10.5 Å². The summed E-state index contributed by atoms with van der Waals surface area (Å²) in [5, 5.41) is 0.614. The summed E-state index contributed by atoms with van der Waals surface area (Å²) in [6, 6.07) is 5.95. The van der Waals surface area contributed by atoms with Crippen LogP contribution in [0.3, 0.4) is 0 Å². The Balaban J connectivity index is 1.76. The fraction of sp³-hybridized carbons (Fsp3) is 0.333. The van der Waals surface area contributed by atoms with Gasteiger partial charge in [-0.1, -0.05) is 11.6 Å². The van der Waals surface area contributed by atoms with Gasteiger partial charge >= 0.3 is 6.03 Å². The van der Waals surface area contributed by atoms with Gasteiger partial charge in [-0.05, 0) is 38.1 Å². The van der Waals surface area contributed by atoms with Crippen molar-refractivity contribution in [2.75, 3.05) is 18.5 Å². The number of likely N-dealkylation sites (N-methyl/N-ethyl adjacent to an activating group) is 1. The molecule has 1 aromatic carbocycles. The summed E-state index contributed by atoms with van der Waals surface area (Å²) in [5.74, 6) is -0.683. The minimum absolute atomic E-state index is 0.461. The molecule has 0 saturated carbocycles. The monoisotopic (exact) mass is 402 g/mol. The second-order valence-corrected chi connectivity index (χ2v) is 7.36. The van der Waals surface area contributed by atoms with Crippen molar-refractivity contribution >= 4 is 41.1 Å². The van der Waals surface area contributed by atoms with E-state index in [4.69, 9.17) is 17.3 Å². The van der Waals surface area contributed by atoms with Crippen molar-refractivity contribution in [2.45, 2.75) is 26.1 Å². The molecule has 4 rings (SSSR count). The van der Waals surface area contributed by atoms with Gasteiger partial charge in [-0.2, -0.15) is 0 Å². The summed E-state index contributed by atoms with van der Waals surface area (Å²) in [6.45, 7) is 3.37. The van der Waals surface area contributed by atoms with E-state index in [0.717, 1.165) is 22.0 Å². The quantitative estimate of drug-likeness (QED) is 0.817. The normalized spacial score (nSPS) is 24.1. The van der Waals surface area contributed by atoms with E-state index in [0.29, 0.717) is 11.0 Å². The summed E-state index contributed by atoms with van der Waals surface area (Å²) >= 11 is 6.00. The number of nitrogens with zero attached hydrogens (tertiary/aromatic N) is 5. The molecule has 0 radical (unpaired) electrons. The first-order chi connectivity index (χ1) is 13.2. The number of allylic oxidation sites excluding steroid dienone is 2. The molecule has 2 unspecified atom stereocenters. The molecule has 0 aliphatic carbocycles. The van der Waals surface area contributed by atoms with Crippen LogP contribution in [0.5, 0.6) is 0 Å². The number of fused-ring (bicyclic) bond motifs is 3. The average molecular weight is 403 g/mol. The first kappa shape index (κ1) is 18.3. The predicted molar refractivity (Wildman–Crippen MR) is 103 cm³/mol. The molecule has 1 aromatic rings. The third-order valence-electron chi connectivity index (χ3n) is 5.29. The van der Waals surface area contributed by atoms with Gasteiger partial charge in [0.1, 0.15) is 6.54 Å². The maximum absolute atomic E-state index is 13.1. The number of aliphatic imine (C=N–C) groups is 1. The highest BCUT2D eigenvalue weighted by Crippen LogP contribution is 2.40. The molecular formula is C18H19ClN6O3. The summed E-state index contributed by atoms with van der Waals surface area (Å²) in [6.07, 6.45) is -0.683. The van der Waals surface area contributed by atoms with Crippen molar-refractivity contribution in [3.63, 3.8) is 0 Å². The molecule has 146 valence electrons. The number of carbonyl (C=O) groups excluding carboxylic acids is 3. The molecule has 0 aromatic heterocycles. The largest absolute Gasteiger partial charge is 0.368 e. The van der Waals surface area contributed by atoms with E-state index < -0.39 is 36.6 Å². The topological polar surface area (TPSA) is 103 Å². The van der Waals surface area contributed by atoms with Crippen LogP contribution in [0.15, 0.2) is 40.7 Å². The number of carbonyl (C=O) groups is 3. The van der Waals surface area contributed by atoms with Gasteiger partial charge in [-0.3, -0.25) is 24.3 Å². The number of anilines is 1. The van der Waals surface area contributed by atoms with Gasteiger partial charge < -0.3 is 10.6 Å². The standard InChI is InChI=1S/C18H19ClN6O3/c1-9-10(2)25-14-15(22(3)18(28)23(16(14)27)8-13(20)26)21-17(25)24(9)12-6-4-11(19)5-7-12/h4-7,14-15H,8H2,1-3H3,(H2,20,26). The lowest BCUT2D eigenvalue weighted by Crippen LogP contribution is -2.65. The lowest BCUT2D eigenvalue weighted by Gasteiger charge is -2.40. The minimum atomic E-state index is -0.750. The van der Waals surface area contributed by atoms with Crippen molar-refractivity contribution in [1.29, 1.82) is 0 Å². The number of urea groups is 1. The highest BCUT2D eigenvalue weighted by Gasteiger charge is 2.56. The Morgan fingerprint density at radius 3 is 2.43 bits per heavy atom. The number of primary amides is 1. The molecule has 2 atom stereocenters. The molecule has 1 saturated heterocycles. The second kappa shape index (κ2) is 6.23. The zero-order valence-corrected chi connectivity index (χ0v) is 16.3. The molecule has 10 heteroatoms. The zero-order chi connectivity index (χ0) is 20.3. The van der Waals surface area contributed by atoms with E-state index in [2.05, 4.69) is 4.99 Å². The first-order valence-electron chi connectivity index (χ1n) is 8.69. The fourth-order valence-electron chi connectivity index (χ4n) is 3.81. The average Bonchev–Trinajstić information content (AvgIpc) is 3.14. The van der Waals surface area contributed by atoms with E-state index in [1.54, 1.807) is 19.2 Å². The van der Waals surface area contributed by atoms with E-state index in [1.807, 2.05) is 35.8 Å². The van der Waals surface area contributed by atoms with Crippen molar-refractivity contribution < 1.29 is 14.4 Å². The maximum Gasteiger partial charge on any atom is 0.328 e. The number of hydrogen-bond acceptors (Lipinski definition) is 6. The van der Waals surface area contributed by atoms with E-state index >= 15 is 0 Å². The molecule has 4 amide bonds. The highest BCUT2D eigenvalue weighted by atomic mass is 35.5. The summed E-state index contributed by atoms with van der Waals surface area (Å²) in [7, 11) is 1.56. The Labute approximate surface area is 166 Å². The van der Waals surface area contributed by atoms with Crippen molar-refractivity contribution in [3.05, 3.63) is 40.7 Å². The van der Waals surface area contributed by atoms with Crippen LogP contribution < -0.4 is 10.6 Å². The smallest absolute Gasteiger partial charge is 0.328 e. The van der Waals surface area contributed by atoms with Gasteiger partial charge in [-0.25, -0.2) is 9.79 Å². The Hall–Kier alpha value is -3.07. The van der Waals surface area contributed by atoms with Crippen LogP contribution in [0.2, 0.25) is 5.02 Å². The summed E-state index contributed by atoms with van der Waals surface area (Å²) in [5.41, 5.74) is 7.82. The SMILES string of the molecule is CC1=C(C)N2C(=NC3C2C(=O)N(CC(N)=O)C(=O)N3C)N1c1ccc(Cl)cc1. The maximum atomic E-state index is 13.1. The highest BCUT2D eigenvalue weighted by molar-refractivity contribution is 6.30. The van der Waals surface area contributed by atoms with Crippen LogP contribution in [0.1, 0.15) is 13.8 Å². The van der Waals surface area contributed by atoms with Crippen LogP contribution in [-0.4, -0.2) is 64.3 Å². The second-order valence-electron chi connectivity index (χ2n) is 6.92. The van der Waals surface area contributed by atoms with Gasteiger partial charge in [0.25, 0.3) is 5.91 Å². The molecular weight excluding hydrogens is 384 g/mol. The third-order valence-corrected chi connectivity index (χ3v) is 5.54. The number of imide groups is 1. The van der Waals surface area contributed by atoms with Crippen molar-refractivity contribution in [3.8, 4) is 0 Å². The van der Waals surface area contributed by atoms with Crippen LogP contribution in [0, 0.1) is 0 Å². The first-order valence-corrected chi connectivity index (χ1v) is 9.07. The summed E-state index contributed by atoms with van der Waals surface area (Å²) in [4.78, 5) is 47.7. The van der Waals surface area contributed by atoms with Gasteiger partial charge in [0, 0.05) is 29.2 Å². The van der Waals surface area contributed by atoms with Crippen molar-refractivity contribution in [2.24, 2.45) is 10.7 Å². The number of halogens is 1. The van der Waals surface area contributed by atoms with E-state index in [-0.39, 0.29) is 0 Å². The summed E-state index contributed by atoms with van der Waals surface area (Å²) < 4.78 is 0. The lowest BCUT2D eigenvalue weighted by molar-refractivity contribution is -0.139. The molecule has 9 nitrogen and oxygen atoms in total. The van der Waals surface area contributed by atoms with Crippen LogP contribution >= 0.6 is 11.6 Å². The van der Waals surface area contributed by atoms with Gasteiger partial charge in [0.05, 0.1) is 0 Å². The molecule has 3 aliphatic heterocycles. The Bertz CT molecular complexity index is 957. The molecule has 3 aliphatic rings. The van der Waals surface area contributed by atoms with Gasteiger partial charge in [-0.15, -0.1) is 0 Å². The molecule has 28 heavy (non-hydrogen) atoms. The third kappa shape index (κ3) is 2.46. The Morgan fingerprint density at radius 2 is 1.82 bits per heavy atom.